The molecule has 21 heavy (non-hydrogen) atoms. The van der Waals surface area contributed by atoms with E-state index >= 15 is 0 Å². The van der Waals surface area contributed by atoms with Gasteiger partial charge in [-0.15, -0.1) is 0 Å². The molecule has 0 bridgehead atoms. The predicted molar refractivity (Wildman–Crippen MR) is 83.6 cm³/mol. The molecule has 0 spiro atoms. The molecule has 1 heterocycles. The number of carbonyl (C=O) groups excluding carboxylic acids is 1. The number of rotatable bonds is 6. The molecule has 0 aliphatic heterocycles. The lowest BCUT2D eigenvalue weighted by atomic mass is 10.1. The van der Waals surface area contributed by atoms with Gasteiger partial charge in [0.25, 0.3) is 5.91 Å². The zero-order chi connectivity index (χ0) is 15.2. The molecule has 110 valence electrons. The summed E-state index contributed by atoms with van der Waals surface area (Å²) < 4.78 is 0. The predicted octanol–water partition coefficient (Wildman–Crippen LogP) is 2.17. The lowest BCUT2D eigenvalue weighted by Crippen LogP contribution is -2.41. The van der Waals surface area contributed by atoms with Gasteiger partial charge in [0.15, 0.2) is 0 Å². The van der Waals surface area contributed by atoms with Crippen LogP contribution in [0.25, 0.3) is 10.8 Å². The van der Waals surface area contributed by atoms with Gasteiger partial charge in [-0.1, -0.05) is 24.3 Å². The zero-order valence-electron chi connectivity index (χ0n) is 11.6. The van der Waals surface area contributed by atoms with Gasteiger partial charge in [-0.3, -0.25) is 9.78 Å². The van der Waals surface area contributed by atoms with Crippen LogP contribution in [-0.2, 0) is 4.79 Å². The van der Waals surface area contributed by atoms with Crippen LogP contribution in [0.1, 0.15) is 16.9 Å². The molecule has 6 heteroatoms. The first kappa shape index (κ1) is 15.3. The third-order valence-corrected chi connectivity index (χ3v) is 3.75. The molecule has 1 aromatic carbocycles. The molecule has 2 aromatic rings. The first-order valence-corrected chi connectivity index (χ1v) is 7.89. The normalized spacial score (nSPS) is 12.0. The molecular formula is C15H16N2O3S. The maximum absolute atomic E-state index is 12.3. The van der Waals surface area contributed by atoms with Crippen molar-refractivity contribution in [3.63, 3.8) is 0 Å². The standard InChI is InChI=1S/C15H16N2O3S/c1-21-9-7-12(15(19)20)17-14(18)13-11-5-3-2-4-10(11)6-8-16-13/h2-6,8,12H,7,9H2,1H3,(H,17,18)(H,19,20)/t12-/m1/s1. The van der Waals surface area contributed by atoms with E-state index in [0.717, 1.165) is 5.39 Å². The van der Waals surface area contributed by atoms with Crippen molar-refractivity contribution in [1.29, 1.82) is 0 Å². The topological polar surface area (TPSA) is 79.3 Å². The number of hydrogen-bond acceptors (Lipinski definition) is 4. The largest absolute Gasteiger partial charge is 0.480 e. The van der Waals surface area contributed by atoms with Gasteiger partial charge < -0.3 is 10.4 Å². The van der Waals surface area contributed by atoms with Crippen LogP contribution in [0.2, 0.25) is 0 Å². The van der Waals surface area contributed by atoms with E-state index < -0.39 is 17.9 Å². The molecule has 0 saturated heterocycles. The fraction of sp³-hybridized carbons (Fsp3) is 0.267. The van der Waals surface area contributed by atoms with Gasteiger partial charge in [0, 0.05) is 11.6 Å². The third-order valence-electron chi connectivity index (χ3n) is 3.10. The number of aliphatic carboxylic acids is 1. The SMILES string of the molecule is CSCC[C@@H](NC(=O)c1nccc2ccccc12)C(=O)O. The fourth-order valence-corrected chi connectivity index (χ4v) is 2.49. The number of pyridine rings is 1. The lowest BCUT2D eigenvalue weighted by Gasteiger charge is -2.14. The summed E-state index contributed by atoms with van der Waals surface area (Å²) in [5.41, 5.74) is 0.253. The first-order valence-electron chi connectivity index (χ1n) is 6.50. The molecule has 1 aromatic heterocycles. The minimum atomic E-state index is -1.03. The van der Waals surface area contributed by atoms with E-state index in [-0.39, 0.29) is 5.69 Å². The van der Waals surface area contributed by atoms with E-state index in [0.29, 0.717) is 17.6 Å². The second-order valence-corrected chi connectivity index (χ2v) is 5.51. The van der Waals surface area contributed by atoms with Crippen LogP contribution >= 0.6 is 11.8 Å². The summed E-state index contributed by atoms with van der Waals surface area (Å²) in [6.07, 6.45) is 3.83. The molecule has 5 nitrogen and oxygen atoms in total. The number of hydrogen-bond donors (Lipinski definition) is 2. The van der Waals surface area contributed by atoms with Crippen molar-refractivity contribution < 1.29 is 14.7 Å². The van der Waals surface area contributed by atoms with E-state index in [4.69, 9.17) is 5.11 Å². The number of benzene rings is 1. The Morgan fingerprint density at radius 2 is 2.10 bits per heavy atom. The molecule has 1 atom stereocenters. The minimum absolute atomic E-state index is 0.253. The highest BCUT2D eigenvalue weighted by Crippen LogP contribution is 2.16. The van der Waals surface area contributed by atoms with Gasteiger partial charge in [0.1, 0.15) is 11.7 Å². The molecule has 0 unspecified atom stereocenters. The third kappa shape index (κ3) is 3.72. The second kappa shape index (κ2) is 7.08. The number of amides is 1. The highest BCUT2D eigenvalue weighted by atomic mass is 32.2. The van der Waals surface area contributed by atoms with E-state index in [1.54, 1.807) is 24.0 Å². The Bertz CT molecular complexity index is 655. The quantitative estimate of drug-likeness (QED) is 0.855. The van der Waals surface area contributed by atoms with Crippen LogP contribution in [0, 0.1) is 0 Å². The Kier molecular flexibility index (Phi) is 5.16. The van der Waals surface area contributed by atoms with Crippen molar-refractivity contribution in [3.8, 4) is 0 Å². The summed E-state index contributed by atoms with van der Waals surface area (Å²) in [6.45, 7) is 0. The average molecular weight is 304 g/mol. The first-order chi connectivity index (χ1) is 10.1. The van der Waals surface area contributed by atoms with Crippen molar-refractivity contribution in [3.05, 3.63) is 42.2 Å². The maximum Gasteiger partial charge on any atom is 0.326 e. The number of nitrogens with zero attached hydrogens (tertiary/aromatic N) is 1. The van der Waals surface area contributed by atoms with Crippen LogP contribution in [-0.4, -0.2) is 40.0 Å². The molecule has 2 rings (SSSR count). The number of thioether (sulfide) groups is 1. The van der Waals surface area contributed by atoms with Gasteiger partial charge in [-0.25, -0.2) is 4.79 Å². The second-order valence-electron chi connectivity index (χ2n) is 4.53. The number of aromatic nitrogens is 1. The monoisotopic (exact) mass is 304 g/mol. The molecule has 0 aliphatic carbocycles. The molecule has 0 aliphatic rings. The number of fused-ring (bicyclic) bond motifs is 1. The van der Waals surface area contributed by atoms with Gasteiger partial charge in [0.05, 0.1) is 0 Å². The van der Waals surface area contributed by atoms with Crippen LogP contribution in [0.15, 0.2) is 36.5 Å². The van der Waals surface area contributed by atoms with Crippen molar-refractivity contribution in [2.75, 3.05) is 12.0 Å². The van der Waals surface area contributed by atoms with E-state index in [9.17, 15) is 9.59 Å². The average Bonchev–Trinajstić information content (AvgIpc) is 2.50. The Balaban J connectivity index is 2.23. The lowest BCUT2D eigenvalue weighted by molar-refractivity contribution is -0.139. The zero-order valence-corrected chi connectivity index (χ0v) is 12.4. The number of carboxylic acid groups (broad SMARTS) is 1. The highest BCUT2D eigenvalue weighted by molar-refractivity contribution is 7.98. The highest BCUT2D eigenvalue weighted by Gasteiger charge is 2.21. The molecule has 0 fully saturated rings. The Labute approximate surface area is 126 Å². The molecule has 0 saturated carbocycles. The number of carboxylic acids is 1. The summed E-state index contributed by atoms with van der Waals surface area (Å²) in [4.78, 5) is 27.6. The van der Waals surface area contributed by atoms with Gasteiger partial charge >= 0.3 is 5.97 Å². The fourth-order valence-electron chi connectivity index (χ4n) is 2.02. The van der Waals surface area contributed by atoms with Gasteiger partial charge in [-0.05, 0) is 29.9 Å². The summed E-state index contributed by atoms with van der Waals surface area (Å²) in [6, 6.07) is 8.30. The minimum Gasteiger partial charge on any atom is -0.480 e. The summed E-state index contributed by atoms with van der Waals surface area (Å²) in [5.74, 6) is -0.821. The summed E-state index contributed by atoms with van der Waals surface area (Å²) >= 11 is 1.54. The summed E-state index contributed by atoms with van der Waals surface area (Å²) in [7, 11) is 0. The smallest absolute Gasteiger partial charge is 0.326 e. The van der Waals surface area contributed by atoms with Gasteiger partial charge in [0.2, 0.25) is 0 Å². The van der Waals surface area contributed by atoms with Crippen molar-refractivity contribution in [1.82, 2.24) is 10.3 Å². The Morgan fingerprint density at radius 1 is 1.33 bits per heavy atom. The summed E-state index contributed by atoms with van der Waals surface area (Å²) in [5, 5.41) is 13.3. The van der Waals surface area contributed by atoms with Gasteiger partial charge in [-0.2, -0.15) is 11.8 Å². The van der Waals surface area contributed by atoms with Crippen molar-refractivity contribution in [2.24, 2.45) is 0 Å². The molecule has 0 radical (unpaired) electrons. The van der Waals surface area contributed by atoms with E-state index in [1.165, 1.54) is 0 Å². The molecular weight excluding hydrogens is 288 g/mol. The van der Waals surface area contributed by atoms with Crippen molar-refractivity contribution >= 4 is 34.4 Å². The Morgan fingerprint density at radius 3 is 2.81 bits per heavy atom. The number of carbonyl (C=O) groups is 2. The van der Waals surface area contributed by atoms with Crippen LogP contribution in [0.5, 0.6) is 0 Å². The molecule has 2 N–H and O–H groups in total. The van der Waals surface area contributed by atoms with Crippen LogP contribution < -0.4 is 5.32 Å². The van der Waals surface area contributed by atoms with Crippen LogP contribution in [0.4, 0.5) is 0 Å². The Hall–Kier alpha value is -2.08. The van der Waals surface area contributed by atoms with Crippen molar-refractivity contribution in [2.45, 2.75) is 12.5 Å². The number of nitrogens with one attached hydrogen (secondary N) is 1. The maximum atomic E-state index is 12.3. The van der Waals surface area contributed by atoms with Crippen LogP contribution in [0.3, 0.4) is 0 Å². The molecule has 1 amide bonds. The van der Waals surface area contributed by atoms with E-state index in [2.05, 4.69) is 10.3 Å². The van der Waals surface area contributed by atoms with E-state index in [1.807, 2.05) is 30.5 Å².